The normalized spacial score (nSPS) is 22.5. The topological polar surface area (TPSA) is 75.7 Å². The minimum Gasteiger partial charge on any atom is -0.387 e. The van der Waals surface area contributed by atoms with Crippen LogP contribution in [0.25, 0.3) is 0 Å². The number of rotatable bonds is 5. The monoisotopic (exact) mass is 422 g/mol. The van der Waals surface area contributed by atoms with Gasteiger partial charge in [0.05, 0.1) is 18.3 Å². The van der Waals surface area contributed by atoms with Crippen molar-refractivity contribution in [1.29, 1.82) is 0 Å². The molecule has 0 aliphatic carbocycles. The first-order valence-corrected chi connectivity index (χ1v) is 11.2. The summed E-state index contributed by atoms with van der Waals surface area (Å²) in [6.45, 7) is 1.08. The predicted octanol–water partition coefficient (Wildman–Crippen LogP) is 3.03. The van der Waals surface area contributed by atoms with Crippen LogP contribution in [0.4, 0.5) is 10.1 Å². The number of ketones is 1. The molecule has 9 heteroatoms. The number of allylic oxidation sites excluding steroid dienone is 1. The largest absolute Gasteiger partial charge is 0.387 e. The Labute approximate surface area is 166 Å². The van der Waals surface area contributed by atoms with Gasteiger partial charge in [-0.1, -0.05) is 12.1 Å². The lowest BCUT2D eigenvalue weighted by molar-refractivity contribution is 0.104. The number of nitrogens with zero attached hydrogens (tertiary/aromatic N) is 1. The number of hydrogen-bond donors (Lipinski definition) is 1. The number of halogens is 1. The van der Waals surface area contributed by atoms with Gasteiger partial charge in [0.2, 0.25) is 5.78 Å². The molecule has 28 heavy (non-hydrogen) atoms. The molecule has 1 atom stereocenters. The molecular formula is C19H19FN2O4S2. The molecule has 2 aromatic rings. The summed E-state index contributed by atoms with van der Waals surface area (Å²) in [6, 6.07) is 7.37. The lowest BCUT2D eigenvalue weighted by Crippen LogP contribution is -2.39. The second-order valence-electron chi connectivity index (χ2n) is 6.66. The summed E-state index contributed by atoms with van der Waals surface area (Å²) in [4.78, 5) is 12.8. The van der Waals surface area contributed by atoms with Gasteiger partial charge in [-0.2, -0.15) is 0 Å². The quantitative estimate of drug-likeness (QED) is 0.750. The van der Waals surface area contributed by atoms with Crippen molar-refractivity contribution < 1.29 is 22.3 Å². The Bertz CT molecular complexity index is 1030. The Morgan fingerprint density at radius 2 is 2.21 bits per heavy atom. The fourth-order valence-corrected chi connectivity index (χ4v) is 5.85. The lowest BCUT2D eigenvalue weighted by atomic mass is 10.2. The molecule has 0 spiro atoms. The summed E-state index contributed by atoms with van der Waals surface area (Å²) in [5, 5.41) is 4.61. The van der Waals surface area contributed by atoms with E-state index in [1.807, 2.05) is 0 Å². The Balaban J connectivity index is 1.65. The van der Waals surface area contributed by atoms with Gasteiger partial charge in [-0.15, -0.1) is 11.3 Å². The van der Waals surface area contributed by atoms with E-state index in [1.54, 1.807) is 17.5 Å². The maximum atomic E-state index is 13.5. The summed E-state index contributed by atoms with van der Waals surface area (Å²) in [6.07, 6.45) is 3.15. The molecule has 2 aliphatic rings. The summed E-state index contributed by atoms with van der Waals surface area (Å²) in [7, 11) is -4.08. The average molecular weight is 423 g/mol. The zero-order chi connectivity index (χ0) is 19.7. The van der Waals surface area contributed by atoms with E-state index < -0.39 is 21.6 Å². The van der Waals surface area contributed by atoms with Gasteiger partial charge in [0.25, 0.3) is 10.0 Å². The average Bonchev–Trinajstić information content (AvgIpc) is 3.33. The van der Waals surface area contributed by atoms with Gasteiger partial charge in [0.1, 0.15) is 10.7 Å². The number of fused-ring (bicyclic) bond motifs is 1. The number of benzene rings is 1. The van der Waals surface area contributed by atoms with Crippen LogP contribution in [0.5, 0.6) is 0 Å². The number of sulfonamides is 1. The number of Topliss-reactive ketones (excluding diaryl/α,β-unsaturated/α-hetero) is 1. The van der Waals surface area contributed by atoms with Crippen LogP contribution < -0.4 is 9.62 Å². The van der Waals surface area contributed by atoms with Crippen molar-refractivity contribution >= 4 is 32.8 Å². The lowest BCUT2D eigenvalue weighted by Gasteiger charge is -2.29. The van der Waals surface area contributed by atoms with Crippen LogP contribution in [0.1, 0.15) is 28.1 Å². The molecule has 4 rings (SSSR count). The molecule has 1 aromatic carbocycles. The van der Waals surface area contributed by atoms with E-state index in [0.717, 1.165) is 17.1 Å². The van der Waals surface area contributed by atoms with Crippen molar-refractivity contribution in [2.75, 3.05) is 17.5 Å². The molecule has 148 valence electrons. The molecule has 1 N–H and O–H groups in total. The van der Waals surface area contributed by atoms with E-state index >= 15 is 0 Å². The Hall–Kier alpha value is -2.23. The summed E-state index contributed by atoms with van der Waals surface area (Å²) < 4.78 is 46.6. The zero-order valence-corrected chi connectivity index (χ0v) is 16.6. The van der Waals surface area contributed by atoms with Crippen molar-refractivity contribution in [3.8, 4) is 0 Å². The number of nitrogens with one attached hydrogen (secondary N) is 1. The number of carbonyl (C=O) groups is 1. The molecule has 0 radical (unpaired) electrons. The molecule has 1 fully saturated rings. The maximum Gasteiger partial charge on any atom is 0.270 e. The van der Waals surface area contributed by atoms with E-state index in [0.29, 0.717) is 29.3 Å². The van der Waals surface area contributed by atoms with Gasteiger partial charge in [-0.3, -0.25) is 9.10 Å². The summed E-state index contributed by atoms with van der Waals surface area (Å²) >= 11 is 1.19. The van der Waals surface area contributed by atoms with Crippen LogP contribution in [0.2, 0.25) is 0 Å². The van der Waals surface area contributed by atoms with E-state index in [9.17, 15) is 17.6 Å². The number of thiophene rings is 1. The van der Waals surface area contributed by atoms with Gasteiger partial charge in [-0.25, -0.2) is 12.8 Å². The Morgan fingerprint density at radius 3 is 2.96 bits per heavy atom. The van der Waals surface area contributed by atoms with Crippen molar-refractivity contribution in [3.05, 3.63) is 63.1 Å². The molecule has 1 saturated heterocycles. The highest BCUT2D eigenvalue weighted by Gasteiger charge is 2.41. The first-order valence-electron chi connectivity index (χ1n) is 8.91. The minimum atomic E-state index is -4.08. The van der Waals surface area contributed by atoms with Crippen LogP contribution >= 0.6 is 11.3 Å². The maximum absolute atomic E-state index is 13.5. The second kappa shape index (κ2) is 7.65. The van der Waals surface area contributed by atoms with Gasteiger partial charge in [0, 0.05) is 19.4 Å². The highest BCUT2D eigenvalue weighted by molar-refractivity contribution is 7.97. The molecule has 2 aliphatic heterocycles. The van der Waals surface area contributed by atoms with E-state index in [2.05, 4.69) is 5.32 Å². The van der Waals surface area contributed by atoms with E-state index in [1.165, 1.54) is 35.7 Å². The van der Waals surface area contributed by atoms with E-state index in [-0.39, 0.29) is 17.6 Å². The van der Waals surface area contributed by atoms with Crippen LogP contribution in [0, 0.1) is 5.82 Å². The van der Waals surface area contributed by atoms with Crippen LogP contribution in [-0.2, 0) is 21.3 Å². The standard InChI is InChI=1S/C19H19FN2O4S2/c20-14-4-1-3-13(9-14)12-22-16-6-8-27-19(16)18(23)17(28(22,24)25)11-21-10-15-5-2-7-26-15/h1,3-4,6,8-9,11,15,21H,2,5,7,10,12H2/b17-11-/t15-/m1/s1. The zero-order valence-electron chi connectivity index (χ0n) is 14.9. The summed E-state index contributed by atoms with van der Waals surface area (Å²) in [5.74, 6) is -0.970. The molecule has 6 nitrogen and oxygen atoms in total. The molecule has 1 aromatic heterocycles. The van der Waals surface area contributed by atoms with Gasteiger partial charge < -0.3 is 10.1 Å². The SMILES string of the molecule is O=C1/C(=C/NC[C@H]2CCCO2)S(=O)(=O)N(Cc2cccc(F)c2)c2ccsc21. The van der Waals surface area contributed by atoms with Crippen LogP contribution in [0.3, 0.4) is 0 Å². The van der Waals surface area contributed by atoms with Crippen LogP contribution in [0.15, 0.2) is 46.8 Å². The first-order chi connectivity index (χ1) is 13.5. The molecule has 0 saturated carbocycles. The van der Waals surface area contributed by atoms with E-state index in [4.69, 9.17) is 4.74 Å². The highest BCUT2D eigenvalue weighted by Crippen LogP contribution is 2.39. The second-order valence-corrected chi connectivity index (χ2v) is 9.40. The third kappa shape index (κ3) is 3.57. The Morgan fingerprint density at radius 1 is 1.36 bits per heavy atom. The first kappa shape index (κ1) is 19.1. The van der Waals surface area contributed by atoms with Gasteiger partial charge in [0.15, 0.2) is 4.91 Å². The summed E-state index contributed by atoms with van der Waals surface area (Å²) in [5.41, 5.74) is 0.831. The van der Waals surface area contributed by atoms with Crippen molar-refractivity contribution in [2.45, 2.75) is 25.5 Å². The fraction of sp³-hybridized carbons (Fsp3) is 0.316. The van der Waals surface area contributed by atoms with Crippen molar-refractivity contribution in [3.63, 3.8) is 0 Å². The van der Waals surface area contributed by atoms with Crippen molar-refractivity contribution in [2.24, 2.45) is 0 Å². The number of ether oxygens (including phenoxy) is 1. The molecular weight excluding hydrogens is 403 g/mol. The predicted molar refractivity (Wildman–Crippen MR) is 105 cm³/mol. The Kier molecular flexibility index (Phi) is 5.22. The fourth-order valence-electron chi connectivity index (χ4n) is 3.35. The highest BCUT2D eigenvalue weighted by atomic mass is 32.2. The smallest absolute Gasteiger partial charge is 0.270 e. The molecule has 0 bridgehead atoms. The van der Waals surface area contributed by atoms with Gasteiger partial charge in [-0.05, 0) is 42.0 Å². The number of hydrogen-bond acceptors (Lipinski definition) is 6. The van der Waals surface area contributed by atoms with Crippen LogP contribution in [-0.4, -0.2) is 33.5 Å². The minimum absolute atomic E-state index is 0.0129. The number of carbonyl (C=O) groups excluding carboxylic acids is 1. The molecule has 3 heterocycles. The third-order valence-corrected chi connectivity index (χ3v) is 7.40. The number of anilines is 1. The molecule has 0 amide bonds. The third-order valence-electron chi connectivity index (χ3n) is 4.73. The molecule has 0 unspecified atom stereocenters. The van der Waals surface area contributed by atoms with Gasteiger partial charge >= 0.3 is 0 Å². The van der Waals surface area contributed by atoms with Crippen molar-refractivity contribution in [1.82, 2.24) is 5.32 Å².